The topological polar surface area (TPSA) is 38.3 Å². The lowest BCUT2D eigenvalue weighted by Crippen LogP contribution is -2.48. The van der Waals surface area contributed by atoms with Gasteiger partial charge < -0.3 is 10.1 Å². The van der Waals surface area contributed by atoms with E-state index in [0.29, 0.717) is 12.3 Å². The van der Waals surface area contributed by atoms with Crippen LogP contribution in [0.25, 0.3) is 0 Å². The first-order valence-corrected chi connectivity index (χ1v) is 6.76. The first-order valence-electron chi connectivity index (χ1n) is 6.23. The van der Waals surface area contributed by atoms with Crippen LogP contribution in [0.3, 0.4) is 0 Å². The normalized spacial score (nSPS) is 28.2. The van der Waals surface area contributed by atoms with E-state index in [2.05, 4.69) is 5.32 Å². The number of carbonyl (C=O) groups excluding carboxylic acids is 1. The molecule has 1 amide bonds. The Hall–Kier alpha value is -0.280. The molecule has 0 bridgehead atoms. The van der Waals surface area contributed by atoms with Crippen molar-refractivity contribution in [2.75, 3.05) is 12.5 Å². The molecule has 0 radical (unpaired) electrons. The lowest BCUT2D eigenvalue weighted by Gasteiger charge is -2.28. The maximum absolute atomic E-state index is 11.9. The van der Waals surface area contributed by atoms with Gasteiger partial charge in [0.2, 0.25) is 5.91 Å². The van der Waals surface area contributed by atoms with Crippen LogP contribution in [0.5, 0.6) is 0 Å². The molecule has 1 N–H and O–H groups in total. The van der Waals surface area contributed by atoms with E-state index >= 15 is 0 Å². The smallest absolute Gasteiger partial charge is 0.223 e. The van der Waals surface area contributed by atoms with Crippen LogP contribution in [0.1, 0.15) is 44.9 Å². The van der Waals surface area contributed by atoms with Crippen molar-refractivity contribution in [3.63, 3.8) is 0 Å². The van der Waals surface area contributed by atoms with Crippen molar-refractivity contribution in [3.05, 3.63) is 0 Å². The molecule has 0 aromatic carbocycles. The Kier molecular flexibility index (Phi) is 4.09. The zero-order valence-electron chi connectivity index (χ0n) is 9.64. The zero-order chi connectivity index (χ0) is 11.4. The van der Waals surface area contributed by atoms with Gasteiger partial charge in [-0.25, -0.2) is 0 Å². The van der Waals surface area contributed by atoms with Crippen molar-refractivity contribution in [3.8, 4) is 0 Å². The fourth-order valence-electron chi connectivity index (χ4n) is 2.70. The van der Waals surface area contributed by atoms with Gasteiger partial charge in [0.25, 0.3) is 0 Å². The van der Waals surface area contributed by atoms with Gasteiger partial charge in [-0.1, -0.05) is 12.8 Å². The second-order valence-corrected chi connectivity index (χ2v) is 5.28. The fourth-order valence-corrected chi connectivity index (χ4v) is 3.04. The molecule has 1 unspecified atom stereocenters. The molecule has 1 saturated carbocycles. The Morgan fingerprint density at radius 2 is 2.12 bits per heavy atom. The largest absolute Gasteiger partial charge is 0.378 e. The average Bonchev–Trinajstić information content (AvgIpc) is 2.90. The number of alkyl halides is 1. The van der Waals surface area contributed by atoms with Crippen molar-refractivity contribution < 1.29 is 9.53 Å². The molecule has 92 valence electrons. The lowest BCUT2D eigenvalue weighted by atomic mass is 10.00. The van der Waals surface area contributed by atoms with Gasteiger partial charge in [0.15, 0.2) is 0 Å². The first-order chi connectivity index (χ1) is 7.74. The number of halogens is 1. The van der Waals surface area contributed by atoms with Crippen molar-refractivity contribution in [2.24, 2.45) is 0 Å². The predicted molar refractivity (Wildman–Crippen MR) is 63.7 cm³/mol. The maximum Gasteiger partial charge on any atom is 0.223 e. The fraction of sp³-hybridized carbons (Fsp3) is 0.917. The highest BCUT2D eigenvalue weighted by molar-refractivity contribution is 6.18. The van der Waals surface area contributed by atoms with Gasteiger partial charge in [0, 0.05) is 12.5 Å². The van der Waals surface area contributed by atoms with E-state index in [1.54, 1.807) is 0 Å². The van der Waals surface area contributed by atoms with Crippen molar-refractivity contribution in [2.45, 2.75) is 56.6 Å². The van der Waals surface area contributed by atoms with Crippen LogP contribution in [0, 0.1) is 0 Å². The summed E-state index contributed by atoms with van der Waals surface area (Å²) in [5, 5.41) is 3.12. The first kappa shape index (κ1) is 12.2. The second kappa shape index (κ2) is 5.37. The van der Waals surface area contributed by atoms with Crippen LogP contribution in [0.15, 0.2) is 0 Å². The van der Waals surface area contributed by atoms with Gasteiger partial charge in [-0.2, -0.15) is 0 Å². The third kappa shape index (κ3) is 2.89. The number of carbonyl (C=O) groups is 1. The minimum atomic E-state index is -0.128. The molecule has 2 fully saturated rings. The van der Waals surface area contributed by atoms with Crippen LogP contribution in [0.2, 0.25) is 0 Å². The van der Waals surface area contributed by atoms with Crippen LogP contribution >= 0.6 is 11.6 Å². The van der Waals surface area contributed by atoms with Crippen LogP contribution in [-0.2, 0) is 9.53 Å². The van der Waals surface area contributed by atoms with Crippen LogP contribution in [-0.4, -0.2) is 30.0 Å². The number of rotatable bonds is 4. The van der Waals surface area contributed by atoms with E-state index in [9.17, 15) is 4.79 Å². The van der Waals surface area contributed by atoms with Gasteiger partial charge in [0.05, 0.1) is 18.1 Å². The summed E-state index contributed by atoms with van der Waals surface area (Å²) in [6.45, 7) is 0.804. The molecule has 1 aliphatic carbocycles. The molecule has 1 heterocycles. The van der Waals surface area contributed by atoms with Gasteiger partial charge in [-0.15, -0.1) is 11.6 Å². The monoisotopic (exact) mass is 245 g/mol. The molecule has 1 aliphatic heterocycles. The number of hydrogen-bond acceptors (Lipinski definition) is 2. The Morgan fingerprint density at radius 1 is 1.38 bits per heavy atom. The summed E-state index contributed by atoms with van der Waals surface area (Å²) in [7, 11) is 0. The molecule has 1 atom stereocenters. The van der Waals surface area contributed by atoms with Gasteiger partial charge in [-0.05, 0) is 25.7 Å². The van der Waals surface area contributed by atoms with E-state index in [-0.39, 0.29) is 17.6 Å². The molecular weight excluding hydrogens is 226 g/mol. The van der Waals surface area contributed by atoms with E-state index in [1.165, 1.54) is 12.8 Å². The Bertz CT molecular complexity index is 245. The highest BCUT2D eigenvalue weighted by atomic mass is 35.5. The Labute approximate surface area is 102 Å². The summed E-state index contributed by atoms with van der Waals surface area (Å²) in [6.07, 6.45) is 7.12. The molecule has 2 rings (SSSR count). The third-order valence-electron chi connectivity index (χ3n) is 3.66. The summed E-state index contributed by atoms with van der Waals surface area (Å²) >= 11 is 5.98. The molecule has 16 heavy (non-hydrogen) atoms. The number of nitrogens with one attached hydrogen (secondary N) is 1. The zero-order valence-corrected chi connectivity index (χ0v) is 10.4. The summed E-state index contributed by atoms with van der Waals surface area (Å²) in [5.74, 6) is 0.638. The van der Waals surface area contributed by atoms with E-state index in [4.69, 9.17) is 16.3 Å². The number of amides is 1. The minimum absolute atomic E-state index is 0.106. The number of hydrogen-bond donors (Lipinski definition) is 1. The third-order valence-corrected chi connectivity index (χ3v) is 4.17. The number of ether oxygens (including phenoxy) is 1. The molecule has 3 nitrogen and oxygen atoms in total. The van der Waals surface area contributed by atoms with E-state index in [1.807, 2.05) is 0 Å². The molecule has 0 aromatic heterocycles. The molecule has 2 aliphatic rings. The van der Waals surface area contributed by atoms with Crippen molar-refractivity contribution in [1.82, 2.24) is 5.32 Å². The van der Waals surface area contributed by atoms with Gasteiger partial charge in [0.1, 0.15) is 0 Å². The highest BCUT2D eigenvalue weighted by Gasteiger charge is 2.35. The highest BCUT2D eigenvalue weighted by Crippen LogP contribution is 2.31. The maximum atomic E-state index is 11.9. The van der Waals surface area contributed by atoms with Crippen molar-refractivity contribution in [1.29, 1.82) is 0 Å². The molecule has 1 saturated heterocycles. The van der Waals surface area contributed by atoms with E-state index < -0.39 is 0 Å². The standard InChI is InChI=1S/C12H20ClNO2/c13-9-12(5-1-2-6-12)14-11(15)8-10-4-3-7-16-10/h10H,1-9H2,(H,14,15). The van der Waals surface area contributed by atoms with Crippen LogP contribution in [0.4, 0.5) is 0 Å². The average molecular weight is 246 g/mol. The molecule has 4 heteroatoms. The molecular formula is C12H20ClNO2. The second-order valence-electron chi connectivity index (χ2n) is 5.01. The van der Waals surface area contributed by atoms with Gasteiger partial charge in [-0.3, -0.25) is 4.79 Å². The molecule has 0 spiro atoms. The Balaban J connectivity index is 1.80. The summed E-state index contributed by atoms with van der Waals surface area (Å²) in [6, 6.07) is 0. The van der Waals surface area contributed by atoms with E-state index in [0.717, 1.165) is 32.3 Å². The summed E-state index contributed by atoms with van der Waals surface area (Å²) in [5.41, 5.74) is -0.128. The van der Waals surface area contributed by atoms with Gasteiger partial charge >= 0.3 is 0 Å². The SMILES string of the molecule is O=C(CC1CCCO1)NC1(CCl)CCCC1. The predicted octanol–water partition coefficient (Wildman–Crippen LogP) is 2.22. The lowest BCUT2D eigenvalue weighted by molar-refractivity contribution is -0.124. The van der Waals surface area contributed by atoms with Crippen LogP contribution < -0.4 is 5.32 Å². The molecule has 0 aromatic rings. The van der Waals surface area contributed by atoms with Crippen molar-refractivity contribution >= 4 is 17.5 Å². The Morgan fingerprint density at radius 3 is 2.69 bits per heavy atom. The summed E-state index contributed by atoms with van der Waals surface area (Å²) in [4.78, 5) is 11.9. The summed E-state index contributed by atoms with van der Waals surface area (Å²) < 4.78 is 5.46. The minimum Gasteiger partial charge on any atom is -0.378 e. The quantitative estimate of drug-likeness (QED) is 0.772.